The number of ether oxygens (including phenoxy) is 1. The lowest BCUT2D eigenvalue weighted by atomic mass is 10.2. The van der Waals surface area contributed by atoms with Crippen molar-refractivity contribution < 1.29 is 14.7 Å². The fraction of sp³-hybridized carbons (Fsp3) is 0.462. The molecule has 0 saturated carbocycles. The van der Waals surface area contributed by atoms with Gasteiger partial charge in [-0.2, -0.15) is 0 Å². The van der Waals surface area contributed by atoms with Crippen LogP contribution in [-0.4, -0.2) is 23.0 Å². The fourth-order valence-electron chi connectivity index (χ4n) is 1.05. The van der Waals surface area contributed by atoms with Crippen LogP contribution in [0.25, 0.3) is 0 Å². The number of oxime groups is 1. The first-order valence-electron chi connectivity index (χ1n) is 5.71. The highest BCUT2D eigenvalue weighted by Gasteiger charge is 2.11. The third-order valence-corrected chi connectivity index (χ3v) is 2.49. The number of phenols is 1. The molecule has 4 nitrogen and oxygen atoms in total. The maximum absolute atomic E-state index is 9.42. The molecule has 6 heteroatoms. The number of phenolic OH excluding ortho intramolecular Hbond substituents is 1. The molecule has 0 aliphatic carbocycles. The number of hydrogen-bond donors (Lipinski definition) is 1. The van der Waals surface area contributed by atoms with Crippen LogP contribution >= 0.6 is 23.2 Å². The van der Waals surface area contributed by atoms with Gasteiger partial charge in [-0.05, 0) is 27.7 Å². The molecule has 0 fully saturated rings. The van der Waals surface area contributed by atoms with Gasteiger partial charge in [0.05, 0.1) is 15.8 Å². The van der Waals surface area contributed by atoms with E-state index in [4.69, 9.17) is 32.8 Å². The van der Waals surface area contributed by atoms with Gasteiger partial charge in [-0.15, -0.1) is 0 Å². The largest absolute Gasteiger partial charge is 0.505 e. The van der Waals surface area contributed by atoms with E-state index in [0.29, 0.717) is 11.5 Å². The summed E-state index contributed by atoms with van der Waals surface area (Å²) in [5.74, 6) is 0.301. The summed E-state index contributed by atoms with van der Waals surface area (Å²) in [6, 6.07) is 2.97. The molecule has 0 saturated heterocycles. The zero-order valence-electron chi connectivity index (χ0n) is 11.3. The SMILES string of the molecule is CC(COc1cc(Cl)c(O)c(Cl)c1)=NOC(C)(C)C. The number of benzene rings is 1. The molecule has 0 bridgehead atoms. The molecular formula is C13H17Cl2NO3. The van der Waals surface area contributed by atoms with Gasteiger partial charge in [-0.1, -0.05) is 28.4 Å². The van der Waals surface area contributed by atoms with Crippen molar-refractivity contribution in [1.29, 1.82) is 0 Å². The van der Waals surface area contributed by atoms with Crippen LogP contribution in [0.3, 0.4) is 0 Å². The Morgan fingerprint density at radius 3 is 2.26 bits per heavy atom. The zero-order chi connectivity index (χ0) is 14.6. The smallest absolute Gasteiger partial charge is 0.153 e. The van der Waals surface area contributed by atoms with Crippen LogP contribution in [0.15, 0.2) is 17.3 Å². The van der Waals surface area contributed by atoms with E-state index in [0.717, 1.165) is 0 Å². The summed E-state index contributed by atoms with van der Waals surface area (Å²) in [7, 11) is 0. The average molecular weight is 306 g/mol. The summed E-state index contributed by atoms with van der Waals surface area (Å²) in [5, 5.41) is 13.7. The Labute approximate surface area is 122 Å². The van der Waals surface area contributed by atoms with Gasteiger partial charge in [0.15, 0.2) is 5.75 Å². The van der Waals surface area contributed by atoms with Crippen molar-refractivity contribution in [1.82, 2.24) is 0 Å². The van der Waals surface area contributed by atoms with Crippen LogP contribution < -0.4 is 4.74 Å². The van der Waals surface area contributed by atoms with Gasteiger partial charge < -0.3 is 14.7 Å². The predicted octanol–water partition coefficient (Wildman–Crippen LogP) is 4.27. The normalized spacial score (nSPS) is 12.4. The number of aromatic hydroxyl groups is 1. The van der Waals surface area contributed by atoms with Gasteiger partial charge in [-0.3, -0.25) is 0 Å². The number of rotatable bonds is 4. The van der Waals surface area contributed by atoms with Gasteiger partial charge in [-0.25, -0.2) is 0 Å². The summed E-state index contributed by atoms with van der Waals surface area (Å²) >= 11 is 11.6. The van der Waals surface area contributed by atoms with Gasteiger partial charge in [0.25, 0.3) is 0 Å². The van der Waals surface area contributed by atoms with Crippen LogP contribution in [0.5, 0.6) is 11.5 Å². The molecule has 0 atom stereocenters. The second-order valence-corrected chi connectivity index (χ2v) is 5.87. The van der Waals surface area contributed by atoms with Crippen LogP contribution in [-0.2, 0) is 4.84 Å². The first-order valence-corrected chi connectivity index (χ1v) is 6.47. The minimum Gasteiger partial charge on any atom is -0.505 e. The van der Waals surface area contributed by atoms with E-state index in [-0.39, 0.29) is 28.0 Å². The van der Waals surface area contributed by atoms with Gasteiger partial charge >= 0.3 is 0 Å². The second-order valence-electron chi connectivity index (χ2n) is 5.05. The highest BCUT2D eigenvalue weighted by atomic mass is 35.5. The first kappa shape index (κ1) is 15.9. The van der Waals surface area contributed by atoms with Crippen molar-refractivity contribution in [2.45, 2.75) is 33.3 Å². The maximum Gasteiger partial charge on any atom is 0.153 e. The number of halogens is 2. The highest BCUT2D eigenvalue weighted by molar-refractivity contribution is 6.37. The molecule has 1 rings (SSSR count). The lowest BCUT2D eigenvalue weighted by Gasteiger charge is -2.16. The Balaban J connectivity index is 2.62. The molecule has 1 N–H and O–H groups in total. The summed E-state index contributed by atoms with van der Waals surface area (Å²) in [6.45, 7) is 7.75. The summed E-state index contributed by atoms with van der Waals surface area (Å²) < 4.78 is 5.46. The van der Waals surface area contributed by atoms with E-state index < -0.39 is 0 Å². The molecule has 106 valence electrons. The molecular weight excluding hydrogens is 289 g/mol. The number of nitrogens with zero attached hydrogens (tertiary/aromatic N) is 1. The second kappa shape index (κ2) is 6.35. The third kappa shape index (κ3) is 5.57. The van der Waals surface area contributed by atoms with Crippen LogP contribution in [0.4, 0.5) is 0 Å². The molecule has 0 radical (unpaired) electrons. The molecule has 0 aromatic heterocycles. The first-order chi connectivity index (χ1) is 8.69. The quantitative estimate of drug-likeness (QED) is 0.667. The van der Waals surface area contributed by atoms with E-state index >= 15 is 0 Å². The highest BCUT2D eigenvalue weighted by Crippen LogP contribution is 2.35. The summed E-state index contributed by atoms with van der Waals surface area (Å²) in [4.78, 5) is 5.26. The fourth-order valence-corrected chi connectivity index (χ4v) is 1.52. The monoisotopic (exact) mass is 305 g/mol. The van der Waals surface area contributed by atoms with E-state index in [1.54, 1.807) is 6.92 Å². The third-order valence-electron chi connectivity index (χ3n) is 1.91. The van der Waals surface area contributed by atoms with Crippen LogP contribution in [0.1, 0.15) is 27.7 Å². The van der Waals surface area contributed by atoms with E-state index in [1.807, 2.05) is 20.8 Å². The molecule has 19 heavy (non-hydrogen) atoms. The van der Waals surface area contributed by atoms with Gasteiger partial charge in [0.1, 0.15) is 18.0 Å². The lowest BCUT2D eigenvalue weighted by molar-refractivity contribution is 0.0000988. The Bertz CT molecular complexity index is 458. The molecule has 0 aliphatic rings. The van der Waals surface area contributed by atoms with Gasteiger partial charge in [0.2, 0.25) is 0 Å². The standard InChI is InChI=1S/C13H17Cl2NO3/c1-8(16-19-13(2,3)4)7-18-9-5-10(14)12(17)11(15)6-9/h5-6,17H,7H2,1-4H3. The predicted molar refractivity (Wildman–Crippen MR) is 77.6 cm³/mol. The minimum absolute atomic E-state index is 0.142. The Morgan fingerprint density at radius 1 is 1.26 bits per heavy atom. The molecule has 0 amide bonds. The van der Waals surface area contributed by atoms with E-state index in [1.165, 1.54) is 12.1 Å². The Morgan fingerprint density at radius 2 is 1.79 bits per heavy atom. The molecule has 1 aromatic rings. The van der Waals surface area contributed by atoms with Crippen molar-refractivity contribution in [3.05, 3.63) is 22.2 Å². The van der Waals surface area contributed by atoms with Crippen molar-refractivity contribution in [3.63, 3.8) is 0 Å². The average Bonchev–Trinajstić information content (AvgIpc) is 2.29. The van der Waals surface area contributed by atoms with Crippen molar-refractivity contribution in [3.8, 4) is 11.5 Å². The molecule has 0 heterocycles. The van der Waals surface area contributed by atoms with Crippen molar-refractivity contribution in [2.24, 2.45) is 5.16 Å². The molecule has 0 aliphatic heterocycles. The molecule has 1 aromatic carbocycles. The maximum atomic E-state index is 9.42. The van der Waals surface area contributed by atoms with Gasteiger partial charge in [0, 0.05) is 12.1 Å². The summed E-state index contributed by atoms with van der Waals surface area (Å²) in [6.07, 6.45) is 0. The van der Waals surface area contributed by atoms with Crippen LogP contribution in [0.2, 0.25) is 10.0 Å². The minimum atomic E-state index is -0.341. The molecule has 0 unspecified atom stereocenters. The van der Waals surface area contributed by atoms with Crippen LogP contribution in [0, 0.1) is 0 Å². The molecule has 0 spiro atoms. The van der Waals surface area contributed by atoms with E-state index in [2.05, 4.69) is 5.16 Å². The topological polar surface area (TPSA) is 51.0 Å². The number of hydrogen-bond acceptors (Lipinski definition) is 4. The lowest BCUT2D eigenvalue weighted by Crippen LogP contribution is -2.18. The van der Waals surface area contributed by atoms with Crippen molar-refractivity contribution >= 4 is 28.9 Å². The Kier molecular flexibility index (Phi) is 5.32. The summed E-state index contributed by atoms with van der Waals surface area (Å²) in [5.41, 5.74) is 0.335. The Hall–Kier alpha value is -1.13. The van der Waals surface area contributed by atoms with E-state index in [9.17, 15) is 5.11 Å². The van der Waals surface area contributed by atoms with Crippen molar-refractivity contribution in [2.75, 3.05) is 6.61 Å². The zero-order valence-corrected chi connectivity index (χ0v) is 12.8.